The average molecular weight is 395 g/mol. The van der Waals surface area contributed by atoms with Crippen LogP contribution in [-0.2, 0) is 6.54 Å². The van der Waals surface area contributed by atoms with Gasteiger partial charge in [0.15, 0.2) is 0 Å². The van der Waals surface area contributed by atoms with Crippen LogP contribution in [0.1, 0.15) is 17.0 Å². The molecule has 3 heterocycles. The first-order valence-corrected chi connectivity index (χ1v) is 9.83. The molecule has 0 unspecified atom stereocenters. The SMILES string of the molecule is Cc1noc(C)c1-c1ccc2nc(Nc3cccnc3)n(Cc3ccccc3)c2c1. The second-order valence-corrected chi connectivity index (χ2v) is 7.28. The molecule has 0 fully saturated rings. The van der Waals surface area contributed by atoms with Crippen LogP contribution < -0.4 is 5.32 Å². The molecule has 0 saturated heterocycles. The number of benzene rings is 2. The molecule has 6 heteroatoms. The van der Waals surface area contributed by atoms with Crippen molar-refractivity contribution < 1.29 is 4.52 Å². The molecule has 0 bridgehead atoms. The molecule has 0 atom stereocenters. The third kappa shape index (κ3) is 3.33. The molecule has 5 aromatic rings. The van der Waals surface area contributed by atoms with Crippen LogP contribution in [0.25, 0.3) is 22.2 Å². The first-order valence-electron chi connectivity index (χ1n) is 9.83. The van der Waals surface area contributed by atoms with Crippen LogP contribution in [0.4, 0.5) is 11.6 Å². The number of aryl methyl sites for hydroxylation is 2. The van der Waals surface area contributed by atoms with E-state index in [2.05, 4.69) is 56.4 Å². The Balaban J connectivity index is 1.66. The summed E-state index contributed by atoms with van der Waals surface area (Å²) in [6.45, 7) is 4.61. The van der Waals surface area contributed by atoms with Gasteiger partial charge < -0.3 is 14.4 Å². The molecule has 5 rings (SSSR count). The highest BCUT2D eigenvalue weighted by Crippen LogP contribution is 2.31. The Morgan fingerprint density at radius 1 is 1.00 bits per heavy atom. The minimum atomic E-state index is 0.699. The number of anilines is 2. The van der Waals surface area contributed by atoms with Gasteiger partial charge >= 0.3 is 0 Å². The lowest BCUT2D eigenvalue weighted by molar-refractivity contribution is 0.393. The van der Waals surface area contributed by atoms with Crippen molar-refractivity contribution in [2.75, 3.05) is 5.32 Å². The highest BCUT2D eigenvalue weighted by atomic mass is 16.5. The maximum atomic E-state index is 5.38. The average Bonchev–Trinajstić information content (AvgIpc) is 3.28. The van der Waals surface area contributed by atoms with Gasteiger partial charge in [0, 0.05) is 11.8 Å². The highest BCUT2D eigenvalue weighted by molar-refractivity contribution is 5.86. The predicted octanol–water partition coefficient (Wildman–Crippen LogP) is 5.50. The number of aromatic nitrogens is 4. The number of imidazole rings is 1. The quantitative estimate of drug-likeness (QED) is 0.426. The van der Waals surface area contributed by atoms with Crippen LogP contribution in [0.2, 0.25) is 0 Å². The number of rotatable bonds is 5. The molecule has 2 aromatic carbocycles. The van der Waals surface area contributed by atoms with Crippen molar-refractivity contribution in [3.63, 3.8) is 0 Å². The molecule has 0 aliphatic heterocycles. The predicted molar refractivity (Wildman–Crippen MR) is 118 cm³/mol. The zero-order chi connectivity index (χ0) is 20.5. The third-order valence-corrected chi connectivity index (χ3v) is 5.17. The second-order valence-electron chi connectivity index (χ2n) is 7.28. The summed E-state index contributed by atoms with van der Waals surface area (Å²) in [5, 5.41) is 7.52. The normalized spacial score (nSPS) is 11.1. The van der Waals surface area contributed by atoms with Gasteiger partial charge in [0.05, 0.1) is 35.2 Å². The van der Waals surface area contributed by atoms with Gasteiger partial charge in [-0.2, -0.15) is 0 Å². The molecule has 0 aliphatic rings. The fraction of sp³-hybridized carbons (Fsp3) is 0.125. The summed E-state index contributed by atoms with van der Waals surface area (Å²) in [6.07, 6.45) is 3.55. The molecular weight excluding hydrogens is 374 g/mol. The van der Waals surface area contributed by atoms with Crippen molar-refractivity contribution in [3.8, 4) is 11.1 Å². The van der Waals surface area contributed by atoms with Crippen LogP contribution in [0.15, 0.2) is 77.6 Å². The van der Waals surface area contributed by atoms with Crippen molar-refractivity contribution in [1.29, 1.82) is 0 Å². The van der Waals surface area contributed by atoms with Gasteiger partial charge in [0.2, 0.25) is 5.95 Å². The molecular formula is C24H21N5O. The Morgan fingerprint density at radius 2 is 1.87 bits per heavy atom. The van der Waals surface area contributed by atoms with Crippen molar-refractivity contribution >= 4 is 22.7 Å². The van der Waals surface area contributed by atoms with Crippen molar-refractivity contribution in [1.82, 2.24) is 19.7 Å². The number of hydrogen-bond acceptors (Lipinski definition) is 5. The first-order chi connectivity index (χ1) is 14.7. The van der Waals surface area contributed by atoms with E-state index >= 15 is 0 Å². The zero-order valence-corrected chi connectivity index (χ0v) is 16.8. The van der Waals surface area contributed by atoms with Crippen LogP contribution >= 0.6 is 0 Å². The van der Waals surface area contributed by atoms with E-state index in [-0.39, 0.29) is 0 Å². The van der Waals surface area contributed by atoms with Gasteiger partial charge in [0.25, 0.3) is 0 Å². The second kappa shape index (κ2) is 7.48. The highest BCUT2D eigenvalue weighted by Gasteiger charge is 2.16. The number of nitrogens with one attached hydrogen (secondary N) is 1. The molecule has 3 aromatic heterocycles. The molecule has 0 spiro atoms. The standard InChI is InChI=1S/C24H21N5O/c1-16-23(17(2)30-28-16)19-10-11-21-22(13-19)29(15-18-7-4-3-5-8-18)24(27-21)26-20-9-6-12-25-14-20/h3-14H,15H2,1-2H3,(H,26,27). The minimum absolute atomic E-state index is 0.699. The summed E-state index contributed by atoms with van der Waals surface area (Å²) in [6, 6.07) is 20.5. The Kier molecular flexibility index (Phi) is 4.52. The van der Waals surface area contributed by atoms with Gasteiger partial charge in [-0.05, 0) is 49.2 Å². The van der Waals surface area contributed by atoms with Crippen molar-refractivity contribution in [3.05, 3.63) is 90.1 Å². The minimum Gasteiger partial charge on any atom is -0.361 e. The van der Waals surface area contributed by atoms with E-state index in [4.69, 9.17) is 9.51 Å². The smallest absolute Gasteiger partial charge is 0.208 e. The fourth-order valence-electron chi connectivity index (χ4n) is 3.76. The Hall–Kier alpha value is -3.93. The first kappa shape index (κ1) is 18.1. The Morgan fingerprint density at radius 3 is 2.60 bits per heavy atom. The zero-order valence-electron chi connectivity index (χ0n) is 16.8. The molecule has 148 valence electrons. The molecule has 6 nitrogen and oxygen atoms in total. The Labute approximate surface area is 174 Å². The van der Waals surface area contributed by atoms with Gasteiger partial charge in [0.1, 0.15) is 5.76 Å². The summed E-state index contributed by atoms with van der Waals surface area (Å²) in [5.74, 6) is 1.59. The molecule has 30 heavy (non-hydrogen) atoms. The van der Waals surface area contributed by atoms with E-state index < -0.39 is 0 Å². The van der Waals surface area contributed by atoms with Crippen molar-refractivity contribution in [2.24, 2.45) is 0 Å². The molecule has 0 amide bonds. The van der Waals surface area contributed by atoms with E-state index in [0.29, 0.717) is 6.54 Å². The molecule has 0 saturated carbocycles. The van der Waals surface area contributed by atoms with E-state index in [1.165, 1.54) is 5.56 Å². The summed E-state index contributed by atoms with van der Waals surface area (Å²) in [4.78, 5) is 9.06. The maximum Gasteiger partial charge on any atom is 0.208 e. The lowest BCUT2D eigenvalue weighted by Crippen LogP contribution is -2.05. The molecule has 1 N–H and O–H groups in total. The number of hydrogen-bond donors (Lipinski definition) is 1. The van der Waals surface area contributed by atoms with Gasteiger partial charge in [-0.15, -0.1) is 0 Å². The maximum absolute atomic E-state index is 5.38. The largest absolute Gasteiger partial charge is 0.361 e. The van der Waals surface area contributed by atoms with Gasteiger partial charge in [-0.1, -0.05) is 41.6 Å². The molecule has 0 radical (unpaired) electrons. The van der Waals surface area contributed by atoms with Gasteiger partial charge in [-0.25, -0.2) is 4.98 Å². The lowest BCUT2D eigenvalue weighted by Gasteiger charge is -2.11. The van der Waals surface area contributed by atoms with Gasteiger partial charge in [-0.3, -0.25) is 4.98 Å². The van der Waals surface area contributed by atoms with E-state index in [1.54, 1.807) is 12.4 Å². The number of pyridine rings is 1. The van der Waals surface area contributed by atoms with E-state index in [1.807, 2.05) is 38.1 Å². The summed E-state index contributed by atoms with van der Waals surface area (Å²) in [7, 11) is 0. The summed E-state index contributed by atoms with van der Waals surface area (Å²) < 4.78 is 7.57. The Bertz CT molecular complexity index is 1290. The van der Waals surface area contributed by atoms with Crippen LogP contribution in [0.5, 0.6) is 0 Å². The monoisotopic (exact) mass is 395 g/mol. The van der Waals surface area contributed by atoms with Crippen LogP contribution in [0.3, 0.4) is 0 Å². The summed E-state index contributed by atoms with van der Waals surface area (Å²) in [5.41, 5.74) is 7.05. The van der Waals surface area contributed by atoms with Crippen LogP contribution in [-0.4, -0.2) is 19.7 Å². The van der Waals surface area contributed by atoms with E-state index in [9.17, 15) is 0 Å². The fourth-order valence-corrected chi connectivity index (χ4v) is 3.76. The summed E-state index contributed by atoms with van der Waals surface area (Å²) >= 11 is 0. The molecule has 0 aliphatic carbocycles. The number of nitrogens with zero attached hydrogens (tertiary/aromatic N) is 4. The van der Waals surface area contributed by atoms with Crippen molar-refractivity contribution in [2.45, 2.75) is 20.4 Å². The topological polar surface area (TPSA) is 68.8 Å². The third-order valence-electron chi connectivity index (χ3n) is 5.17. The number of fused-ring (bicyclic) bond motifs is 1. The van der Waals surface area contributed by atoms with Crippen LogP contribution in [0, 0.1) is 13.8 Å². The lowest BCUT2D eigenvalue weighted by atomic mass is 10.0. The van der Waals surface area contributed by atoms with E-state index in [0.717, 1.165) is 45.3 Å².